The summed E-state index contributed by atoms with van der Waals surface area (Å²) in [4.78, 5) is 27.8. The van der Waals surface area contributed by atoms with E-state index < -0.39 is 0 Å². The van der Waals surface area contributed by atoms with Gasteiger partial charge in [-0.25, -0.2) is 9.97 Å². The Bertz CT molecular complexity index is 1560. The Labute approximate surface area is 253 Å². The van der Waals surface area contributed by atoms with Gasteiger partial charge in [0.1, 0.15) is 6.10 Å². The maximum atomic E-state index is 13.9. The van der Waals surface area contributed by atoms with Crippen LogP contribution >= 0.6 is 11.6 Å². The molecule has 6 rings (SSSR count). The van der Waals surface area contributed by atoms with Crippen LogP contribution < -0.4 is 4.90 Å². The molecule has 0 N–H and O–H groups in total. The van der Waals surface area contributed by atoms with Crippen LogP contribution in [-0.2, 0) is 24.0 Å². The zero-order chi connectivity index (χ0) is 29.1. The number of rotatable bonds is 8. The predicted octanol–water partition coefficient (Wildman–Crippen LogP) is 6.95. The molecule has 0 saturated carbocycles. The first-order valence-electron chi connectivity index (χ1n) is 14.9. The highest BCUT2D eigenvalue weighted by Crippen LogP contribution is 2.35. The lowest BCUT2D eigenvalue weighted by Crippen LogP contribution is -2.35. The van der Waals surface area contributed by atoms with Crippen molar-refractivity contribution in [2.24, 2.45) is 0 Å². The van der Waals surface area contributed by atoms with Crippen molar-refractivity contribution in [1.82, 2.24) is 14.9 Å². The summed E-state index contributed by atoms with van der Waals surface area (Å²) in [5.74, 6) is 0.597. The number of halogens is 1. The zero-order valence-corrected chi connectivity index (χ0v) is 25.1. The summed E-state index contributed by atoms with van der Waals surface area (Å²) in [7, 11) is 1.85. The van der Waals surface area contributed by atoms with E-state index >= 15 is 0 Å². The van der Waals surface area contributed by atoms with Crippen LogP contribution in [0.3, 0.4) is 0 Å². The molecule has 1 amide bonds. The first-order chi connectivity index (χ1) is 20.5. The number of anilines is 1. The van der Waals surface area contributed by atoms with E-state index in [-0.39, 0.29) is 18.1 Å². The van der Waals surface area contributed by atoms with Crippen molar-refractivity contribution in [3.05, 3.63) is 123 Å². The molecule has 216 valence electrons. The SMILES string of the molecule is Cc1ccccc1CCc1nc(N2CCC[C@@H]2c2ccc(Cl)cc2)ncc1C(=O)N(C)C[C@H]1OCCc2ccccc21. The summed E-state index contributed by atoms with van der Waals surface area (Å²) in [6.07, 6.45) is 6.02. The monoisotopic (exact) mass is 580 g/mol. The van der Waals surface area contributed by atoms with E-state index in [0.717, 1.165) is 48.5 Å². The molecular formula is C35H37ClN4O2. The number of amides is 1. The molecule has 0 bridgehead atoms. The lowest BCUT2D eigenvalue weighted by atomic mass is 9.97. The van der Waals surface area contributed by atoms with E-state index in [1.165, 1.54) is 22.3 Å². The highest BCUT2D eigenvalue weighted by atomic mass is 35.5. The number of benzene rings is 3. The summed E-state index contributed by atoms with van der Waals surface area (Å²) in [6.45, 7) is 4.13. The van der Waals surface area contributed by atoms with E-state index in [1.807, 2.05) is 25.2 Å². The molecule has 6 nitrogen and oxygen atoms in total. The molecule has 2 aliphatic heterocycles. The van der Waals surface area contributed by atoms with E-state index in [9.17, 15) is 4.79 Å². The molecule has 3 aromatic carbocycles. The number of fused-ring (bicyclic) bond motifs is 1. The number of hydrogen-bond donors (Lipinski definition) is 0. The number of aryl methyl sites for hydroxylation is 3. The number of carbonyl (C=O) groups excluding carboxylic acids is 1. The molecule has 1 saturated heterocycles. The predicted molar refractivity (Wildman–Crippen MR) is 167 cm³/mol. The molecule has 1 aromatic heterocycles. The first kappa shape index (κ1) is 28.4. The van der Waals surface area contributed by atoms with Gasteiger partial charge >= 0.3 is 0 Å². The van der Waals surface area contributed by atoms with Crippen molar-refractivity contribution in [2.45, 2.75) is 51.2 Å². The maximum Gasteiger partial charge on any atom is 0.257 e. The Morgan fingerprint density at radius 1 is 1.05 bits per heavy atom. The van der Waals surface area contributed by atoms with Gasteiger partial charge in [-0.1, -0.05) is 72.3 Å². The number of aromatic nitrogens is 2. The third kappa shape index (κ3) is 6.06. The van der Waals surface area contributed by atoms with Crippen molar-refractivity contribution in [3.63, 3.8) is 0 Å². The van der Waals surface area contributed by atoms with Crippen molar-refractivity contribution >= 4 is 23.5 Å². The quantitative estimate of drug-likeness (QED) is 0.226. The highest BCUT2D eigenvalue weighted by molar-refractivity contribution is 6.30. The van der Waals surface area contributed by atoms with Gasteiger partial charge in [0.25, 0.3) is 5.91 Å². The second-order valence-corrected chi connectivity index (χ2v) is 11.8. The minimum absolute atomic E-state index is 0.0799. The van der Waals surface area contributed by atoms with E-state index in [1.54, 1.807) is 11.1 Å². The van der Waals surface area contributed by atoms with E-state index in [2.05, 4.69) is 66.4 Å². The van der Waals surface area contributed by atoms with Crippen molar-refractivity contribution in [2.75, 3.05) is 31.6 Å². The lowest BCUT2D eigenvalue weighted by Gasteiger charge is -2.30. The van der Waals surface area contributed by atoms with E-state index in [4.69, 9.17) is 26.3 Å². The van der Waals surface area contributed by atoms with Crippen LogP contribution in [0.25, 0.3) is 0 Å². The minimum Gasteiger partial charge on any atom is -0.371 e. The summed E-state index contributed by atoms with van der Waals surface area (Å²) in [6, 6.07) is 25.0. The maximum absolute atomic E-state index is 13.9. The minimum atomic E-state index is -0.149. The van der Waals surface area contributed by atoms with Crippen LogP contribution in [0.15, 0.2) is 79.0 Å². The average molecular weight is 581 g/mol. The number of carbonyl (C=O) groups is 1. The Kier molecular flexibility index (Phi) is 8.54. The third-order valence-corrected chi connectivity index (χ3v) is 8.87. The van der Waals surface area contributed by atoms with Gasteiger partial charge in [-0.15, -0.1) is 0 Å². The van der Waals surface area contributed by atoms with Gasteiger partial charge < -0.3 is 14.5 Å². The molecule has 3 heterocycles. The number of ether oxygens (including phenoxy) is 1. The lowest BCUT2D eigenvalue weighted by molar-refractivity contribution is 0.0199. The molecule has 42 heavy (non-hydrogen) atoms. The molecule has 2 aliphatic rings. The fourth-order valence-electron chi connectivity index (χ4n) is 6.26. The second kappa shape index (κ2) is 12.6. The van der Waals surface area contributed by atoms with Gasteiger partial charge in [0.15, 0.2) is 0 Å². The summed E-state index contributed by atoms with van der Waals surface area (Å²) in [5.41, 5.74) is 7.51. The Balaban J connectivity index is 1.28. The topological polar surface area (TPSA) is 58.6 Å². The summed E-state index contributed by atoms with van der Waals surface area (Å²) >= 11 is 6.17. The van der Waals surface area contributed by atoms with Crippen LogP contribution in [0.4, 0.5) is 5.95 Å². The van der Waals surface area contributed by atoms with Crippen LogP contribution in [0.5, 0.6) is 0 Å². The molecule has 1 fully saturated rings. The molecule has 0 unspecified atom stereocenters. The van der Waals surface area contributed by atoms with Gasteiger partial charge in [-0.2, -0.15) is 0 Å². The number of hydrogen-bond acceptors (Lipinski definition) is 5. The van der Waals surface area contributed by atoms with Crippen molar-refractivity contribution in [3.8, 4) is 0 Å². The molecule has 0 radical (unpaired) electrons. The third-order valence-electron chi connectivity index (χ3n) is 8.62. The Hall–Kier alpha value is -3.74. The van der Waals surface area contributed by atoms with Crippen LogP contribution in [0, 0.1) is 6.92 Å². The molecule has 2 atom stereocenters. The van der Waals surface area contributed by atoms with E-state index in [0.29, 0.717) is 31.1 Å². The van der Waals surface area contributed by atoms with Gasteiger partial charge in [0.2, 0.25) is 5.95 Å². The standard InChI is InChI=1S/C35H37ClN4O2/c1-24-8-3-4-9-25(24)15-18-31-30(34(41)39(2)23-33-29-11-6-5-10-26(29)19-21-42-33)22-37-35(38-31)40-20-7-12-32(40)27-13-16-28(36)17-14-27/h3-6,8-11,13-14,16-17,22,32-33H,7,12,15,18-21,23H2,1-2H3/t32-,33-/m1/s1. The second-order valence-electron chi connectivity index (χ2n) is 11.4. The normalized spacial score (nSPS) is 18.1. The Morgan fingerprint density at radius 2 is 1.83 bits per heavy atom. The van der Waals surface area contributed by atoms with Gasteiger partial charge in [-0.05, 0) is 79.0 Å². The molecular weight excluding hydrogens is 544 g/mol. The van der Waals surface area contributed by atoms with Crippen LogP contribution in [0.1, 0.15) is 68.9 Å². The van der Waals surface area contributed by atoms with Crippen LogP contribution in [0.2, 0.25) is 5.02 Å². The van der Waals surface area contributed by atoms with Crippen molar-refractivity contribution in [1.29, 1.82) is 0 Å². The highest BCUT2D eigenvalue weighted by Gasteiger charge is 2.30. The fourth-order valence-corrected chi connectivity index (χ4v) is 6.39. The number of likely N-dealkylation sites (N-methyl/N-ethyl adjacent to an activating group) is 1. The summed E-state index contributed by atoms with van der Waals surface area (Å²) in [5, 5.41) is 0.729. The average Bonchev–Trinajstić information content (AvgIpc) is 3.51. The van der Waals surface area contributed by atoms with Gasteiger partial charge in [0, 0.05) is 24.8 Å². The molecule has 0 aliphatic carbocycles. The van der Waals surface area contributed by atoms with Crippen molar-refractivity contribution < 1.29 is 9.53 Å². The summed E-state index contributed by atoms with van der Waals surface area (Å²) < 4.78 is 6.12. The van der Waals surface area contributed by atoms with Gasteiger partial charge in [0.05, 0.1) is 30.5 Å². The molecule has 0 spiro atoms. The Morgan fingerprint density at radius 3 is 2.67 bits per heavy atom. The smallest absolute Gasteiger partial charge is 0.257 e. The van der Waals surface area contributed by atoms with Crippen LogP contribution in [-0.4, -0.2) is 47.5 Å². The molecule has 7 heteroatoms. The zero-order valence-electron chi connectivity index (χ0n) is 24.3. The fraction of sp³-hybridized carbons (Fsp3) is 0.343. The largest absolute Gasteiger partial charge is 0.371 e. The first-order valence-corrected chi connectivity index (χ1v) is 15.2. The molecule has 4 aromatic rings. The number of nitrogens with zero attached hydrogens (tertiary/aromatic N) is 4. The van der Waals surface area contributed by atoms with Gasteiger partial charge in [-0.3, -0.25) is 4.79 Å².